The average molecular weight is 272 g/mol. The molecule has 0 saturated carbocycles. The maximum atomic E-state index is 13.1. The lowest BCUT2D eigenvalue weighted by Gasteiger charge is -2.09. The van der Waals surface area contributed by atoms with Gasteiger partial charge in [0.25, 0.3) is 0 Å². The Bertz CT molecular complexity index is 509. The molecule has 0 fully saturated rings. The first-order valence-electron chi connectivity index (χ1n) is 5.09. The zero-order valence-corrected chi connectivity index (χ0v) is 10.7. The first-order valence-corrected chi connectivity index (χ1v) is 6.35. The van der Waals surface area contributed by atoms with Gasteiger partial charge in [0.05, 0.1) is 11.1 Å². The standard InChI is InChI=1S/C12H11ClFNOS/c1-7-6-17-12(15-7)5-11(16)8-2-9(13)4-10(14)3-8/h2-4,6,11,16H,5H2,1H3. The van der Waals surface area contributed by atoms with Gasteiger partial charge in [-0.25, -0.2) is 9.37 Å². The topological polar surface area (TPSA) is 33.1 Å². The number of aliphatic hydroxyl groups is 1. The van der Waals surface area contributed by atoms with E-state index in [1.165, 1.54) is 23.5 Å². The third-order valence-corrected chi connectivity index (χ3v) is 3.51. The normalized spacial score (nSPS) is 12.7. The number of halogens is 2. The number of thiazole rings is 1. The second kappa shape index (κ2) is 5.12. The molecule has 90 valence electrons. The van der Waals surface area contributed by atoms with Crippen molar-refractivity contribution >= 4 is 22.9 Å². The van der Waals surface area contributed by atoms with Crippen LogP contribution in [0, 0.1) is 12.7 Å². The van der Waals surface area contributed by atoms with Gasteiger partial charge in [0.15, 0.2) is 0 Å². The van der Waals surface area contributed by atoms with Crippen molar-refractivity contribution in [3.63, 3.8) is 0 Å². The number of rotatable bonds is 3. The molecule has 2 aromatic rings. The molecular formula is C12H11ClFNOS. The quantitative estimate of drug-likeness (QED) is 0.927. The fraction of sp³-hybridized carbons (Fsp3) is 0.250. The molecule has 5 heteroatoms. The largest absolute Gasteiger partial charge is 0.388 e. The van der Waals surface area contributed by atoms with Crippen molar-refractivity contribution in [3.05, 3.63) is 50.7 Å². The number of hydrogen-bond donors (Lipinski definition) is 1. The minimum atomic E-state index is -0.784. The van der Waals surface area contributed by atoms with E-state index in [4.69, 9.17) is 11.6 Å². The van der Waals surface area contributed by atoms with Gasteiger partial charge >= 0.3 is 0 Å². The Labute approximate surface area is 108 Å². The fourth-order valence-electron chi connectivity index (χ4n) is 1.55. The summed E-state index contributed by atoms with van der Waals surface area (Å²) in [6.45, 7) is 1.89. The van der Waals surface area contributed by atoms with E-state index in [1.807, 2.05) is 12.3 Å². The molecule has 0 aliphatic rings. The molecule has 0 saturated heterocycles. The predicted octanol–water partition coefficient (Wildman–Crippen LogP) is 3.52. The van der Waals surface area contributed by atoms with E-state index < -0.39 is 11.9 Å². The molecular weight excluding hydrogens is 261 g/mol. The molecule has 0 aliphatic heterocycles. The van der Waals surface area contributed by atoms with Crippen molar-refractivity contribution < 1.29 is 9.50 Å². The molecule has 1 N–H and O–H groups in total. The molecule has 0 aliphatic carbocycles. The van der Waals surface area contributed by atoms with Crippen molar-refractivity contribution in [1.29, 1.82) is 0 Å². The van der Waals surface area contributed by atoms with Crippen LogP contribution in [-0.2, 0) is 6.42 Å². The number of aromatic nitrogens is 1. The Hall–Kier alpha value is -0.970. The van der Waals surface area contributed by atoms with Gasteiger partial charge in [0, 0.05) is 22.5 Å². The predicted molar refractivity (Wildman–Crippen MR) is 66.9 cm³/mol. The first kappa shape index (κ1) is 12.5. The molecule has 17 heavy (non-hydrogen) atoms. The highest BCUT2D eigenvalue weighted by molar-refractivity contribution is 7.09. The van der Waals surface area contributed by atoms with E-state index in [-0.39, 0.29) is 5.02 Å². The summed E-state index contributed by atoms with van der Waals surface area (Å²) in [5, 5.41) is 13.0. The van der Waals surface area contributed by atoms with Crippen LogP contribution in [0.25, 0.3) is 0 Å². The van der Waals surface area contributed by atoms with E-state index in [0.717, 1.165) is 10.7 Å². The van der Waals surface area contributed by atoms with Gasteiger partial charge in [-0.1, -0.05) is 11.6 Å². The SMILES string of the molecule is Cc1csc(CC(O)c2cc(F)cc(Cl)c2)n1. The van der Waals surface area contributed by atoms with Gasteiger partial charge in [-0.3, -0.25) is 0 Å². The maximum Gasteiger partial charge on any atom is 0.125 e. The molecule has 1 aromatic heterocycles. The van der Waals surface area contributed by atoms with Crippen molar-refractivity contribution in [1.82, 2.24) is 4.98 Å². The summed E-state index contributed by atoms with van der Waals surface area (Å²) in [5.41, 5.74) is 1.40. The second-order valence-corrected chi connectivity index (χ2v) is 5.18. The van der Waals surface area contributed by atoms with Crippen LogP contribution in [0.5, 0.6) is 0 Å². The van der Waals surface area contributed by atoms with Crippen LogP contribution < -0.4 is 0 Å². The minimum absolute atomic E-state index is 0.286. The van der Waals surface area contributed by atoms with Gasteiger partial charge in [-0.2, -0.15) is 0 Å². The number of nitrogens with zero attached hydrogens (tertiary/aromatic N) is 1. The van der Waals surface area contributed by atoms with E-state index in [9.17, 15) is 9.50 Å². The van der Waals surface area contributed by atoms with Crippen LogP contribution in [0.4, 0.5) is 4.39 Å². The lowest BCUT2D eigenvalue weighted by atomic mass is 10.1. The zero-order chi connectivity index (χ0) is 12.4. The molecule has 1 unspecified atom stereocenters. The number of benzene rings is 1. The minimum Gasteiger partial charge on any atom is -0.388 e. The van der Waals surface area contributed by atoms with E-state index in [2.05, 4.69) is 4.98 Å². The summed E-state index contributed by atoms with van der Waals surface area (Å²) in [6.07, 6.45) is -0.410. The Morgan fingerprint density at radius 3 is 2.82 bits per heavy atom. The maximum absolute atomic E-state index is 13.1. The Morgan fingerprint density at radius 1 is 1.47 bits per heavy atom. The lowest BCUT2D eigenvalue weighted by molar-refractivity contribution is 0.178. The average Bonchev–Trinajstić information content (AvgIpc) is 2.62. The van der Waals surface area contributed by atoms with Crippen LogP contribution in [0.3, 0.4) is 0 Å². The van der Waals surface area contributed by atoms with Crippen LogP contribution in [0.2, 0.25) is 5.02 Å². The Kier molecular flexibility index (Phi) is 3.76. The molecule has 1 aromatic carbocycles. The monoisotopic (exact) mass is 271 g/mol. The smallest absolute Gasteiger partial charge is 0.125 e. The number of hydrogen-bond acceptors (Lipinski definition) is 3. The molecule has 2 nitrogen and oxygen atoms in total. The highest BCUT2D eigenvalue weighted by Crippen LogP contribution is 2.24. The lowest BCUT2D eigenvalue weighted by Crippen LogP contribution is -2.02. The first-order chi connectivity index (χ1) is 8.04. The highest BCUT2D eigenvalue weighted by Gasteiger charge is 2.12. The fourth-order valence-corrected chi connectivity index (χ4v) is 2.59. The Balaban J connectivity index is 2.16. The summed E-state index contributed by atoms with van der Waals surface area (Å²) in [7, 11) is 0. The second-order valence-electron chi connectivity index (χ2n) is 3.81. The third-order valence-electron chi connectivity index (χ3n) is 2.30. The van der Waals surface area contributed by atoms with Crippen LogP contribution in [0.1, 0.15) is 22.4 Å². The molecule has 0 bridgehead atoms. The summed E-state index contributed by atoms with van der Waals surface area (Å²) < 4.78 is 13.1. The van der Waals surface area contributed by atoms with Gasteiger partial charge in [0.1, 0.15) is 5.82 Å². The summed E-state index contributed by atoms with van der Waals surface area (Å²) in [4.78, 5) is 4.25. The van der Waals surface area contributed by atoms with Gasteiger partial charge < -0.3 is 5.11 Å². The summed E-state index contributed by atoms with van der Waals surface area (Å²) in [6, 6.07) is 4.07. The Morgan fingerprint density at radius 2 is 2.24 bits per heavy atom. The summed E-state index contributed by atoms with van der Waals surface area (Å²) >= 11 is 7.22. The van der Waals surface area contributed by atoms with Gasteiger partial charge in [0.2, 0.25) is 0 Å². The highest BCUT2D eigenvalue weighted by atomic mass is 35.5. The third kappa shape index (κ3) is 3.25. The number of aryl methyl sites for hydroxylation is 1. The van der Waals surface area contributed by atoms with Crippen molar-refractivity contribution in [3.8, 4) is 0 Å². The summed E-state index contributed by atoms with van der Waals surface area (Å²) in [5.74, 6) is -0.443. The molecule has 1 heterocycles. The zero-order valence-electron chi connectivity index (χ0n) is 9.15. The molecule has 0 amide bonds. The molecule has 0 spiro atoms. The van der Waals surface area contributed by atoms with Gasteiger partial charge in [-0.15, -0.1) is 11.3 Å². The molecule has 2 rings (SSSR count). The number of aliphatic hydroxyl groups excluding tert-OH is 1. The van der Waals surface area contributed by atoms with E-state index >= 15 is 0 Å². The van der Waals surface area contributed by atoms with Crippen LogP contribution in [-0.4, -0.2) is 10.1 Å². The van der Waals surface area contributed by atoms with Crippen molar-refractivity contribution in [2.24, 2.45) is 0 Å². The van der Waals surface area contributed by atoms with E-state index in [0.29, 0.717) is 12.0 Å². The van der Waals surface area contributed by atoms with Crippen LogP contribution >= 0.6 is 22.9 Å². The molecule has 1 atom stereocenters. The van der Waals surface area contributed by atoms with Gasteiger partial charge in [-0.05, 0) is 30.7 Å². The van der Waals surface area contributed by atoms with Crippen molar-refractivity contribution in [2.45, 2.75) is 19.4 Å². The molecule has 0 radical (unpaired) electrons. The van der Waals surface area contributed by atoms with Crippen molar-refractivity contribution in [2.75, 3.05) is 0 Å². The van der Waals surface area contributed by atoms with E-state index in [1.54, 1.807) is 6.07 Å². The van der Waals surface area contributed by atoms with Crippen LogP contribution in [0.15, 0.2) is 23.6 Å².